The molecule has 0 aliphatic rings. The van der Waals surface area contributed by atoms with Crippen LogP contribution in [0, 0.1) is 0 Å². The lowest BCUT2D eigenvalue weighted by molar-refractivity contribution is -0.143. The zero-order valence-corrected chi connectivity index (χ0v) is 11.1. The number of carbonyl (C=O) groups excluding carboxylic acids is 1. The Hall–Kier alpha value is -1.40. The molecule has 1 aromatic carbocycles. The van der Waals surface area contributed by atoms with E-state index >= 15 is 0 Å². The molecule has 17 heavy (non-hydrogen) atoms. The molecule has 1 rings (SSSR count). The number of halogens is 1. The van der Waals surface area contributed by atoms with E-state index < -0.39 is 17.9 Å². The normalized spacial score (nSPS) is 11.9. The zero-order valence-electron chi connectivity index (χ0n) is 9.48. The van der Waals surface area contributed by atoms with Crippen LogP contribution < -0.4 is 10.2 Å². The van der Waals surface area contributed by atoms with Crippen molar-refractivity contribution in [2.75, 3.05) is 19.0 Å². The standard InChI is InChI=1S/C11H13BrN2O3/c1-13-9(11(16)17)10(15)14(2)8-5-3-4-7(12)6-8/h3-6,9,13H,1-2H3,(H,16,17). The van der Waals surface area contributed by atoms with Crippen molar-refractivity contribution < 1.29 is 14.7 Å². The third kappa shape index (κ3) is 3.28. The van der Waals surface area contributed by atoms with Crippen LogP contribution in [0.2, 0.25) is 0 Å². The Morgan fingerprint density at radius 1 is 1.47 bits per heavy atom. The molecule has 0 saturated heterocycles. The second-order valence-electron chi connectivity index (χ2n) is 3.44. The molecule has 0 aromatic heterocycles. The second-order valence-corrected chi connectivity index (χ2v) is 4.35. The highest BCUT2D eigenvalue weighted by Crippen LogP contribution is 2.19. The molecule has 0 bridgehead atoms. The van der Waals surface area contributed by atoms with E-state index in [-0.39, 0.29) is 0 Å². The number of anilines is 1. The van der Waals surface area contributed by atoms with Crippen LogP contribution in [-0.2, 0) is 9.59 Å². The molecular formula is C11H13BrN2O3. The van der Waals surface area contributed by atoms with E-state index in [4.69, 9.17) is 5.11 Å². The van der Waals surface area contributed by atoms with E-state index in [0.29, 0.717) is 5.69 Å². The largest absolute Gasteiger partial charge is 0.480 e. The van der Waals surface area contributed by atoms with Gasteiger partial charge in [0.2, 0.25) is 0 Å². The number of carboxylic acids is 1. The van der Waals surface area contributed by atoms with Gasteiger partial charge in [0.1, 0.15) is 0 Å². The maximum atomic E-state index is 11.9. The smallest absolute Gasteiger partial charge is 0.330 e. The number of likely N-dealkylation sites (N-methyl/N-ethyl adjacent to an activating group) is 2. The van der Waals surface area contributed by atoms with Crippen molar-refractivity contribution >= 4 is 33.5 Å². The average Bonchev–Trinajstić information content (AvgIpc) is 2.28. The van der Waals surface area contributed by atoms with Crippen LogP contribution in [0.3, 0.4) is 0 Å². The number of carbonyl (C=O) groups is 2. The highest BCUT2D eigenvalue weighted by molar-refractivity contribution is 9.10. The third-order valence-electron chi connectivity index (χ3n) is 2.31. The van der Waals surface area contributed by atoms with Crippen molar-refractivity contribution in [3.8, 4) is 0 Å². The van der Waals surface area contributed by atoms with Crippen LogP contribution >= 0.6 is 15.9 Å². The maximum Gasteiger partial charge on any atom is 0.330 e. The summed E-state index contributed by atoms with van der Waals surface area (Å²) in [6.07, 6.45) is 0. The van der Waals surface area contributed by atoms with Crippen molar-refractivity contribution in [3.63, 3.8) is 0 Å². The van der Waals surface area contributed by atoms with Crippen molar-refractivity contribution in [3.05, 3.63) is 28.7 Å². The SMILES string of the molecule is CNC(C(=O)O)C(=O)N(C)c1cccc(Br)c1. The average molecular weight is 301 g/mol. The van der Waals surface area contributed by atoms with E-state index in [0.717, 1.165) is 4.47 Å². The lowest BCUT2D eigenvalue weighted by Gasteiger charge is -2.21. The molecule has 0 spiro atoms. The number of rotatable bonds is 4. The molecule has 6 heteroatoms. The zero-order chi connectivity index (χ0) is 13.0. The molecule has 0 fully saturated rings. The summed E-state index contributed by atoms with van der Waals surface area (Å²) < 4.78 is 0.825. The van der Waals surface area contributed by atoms with Gasteiger partial charge in [-0.1, -0.05) is 22.0 Å². The van der Waals surface area contributed by atoms with E-state index in [2.05, 4.69) is 21.2 Å². The van der Waals surface area contributed by atoms with E-state index in [1.807, 2.05) is 6.07 Å². The molecule has 0 aliphatic carbocycles. The molecular weight excluding hydrogens is 288 g/mol. The first-order valence-electron chi connectivity index (χ1n) is 4.90. The molecule has 0 saturated carbocycles. The van der Waals surface area contributed by atoms with Gasteiger partial charge in [0.15, 0.2) is 6.04 Å². The van der Waals surface area contributed by atoms with Gasteiger partial charge in [-0.3, -0.25) is 10.1 Å². The molecule has 1 aromatic rings. The van der Waals surface area contributed by atoms with Crippen molar-refractivity contribution in [1.82, 2.24) is 5.32 Å². The summed E-state index contributed by atoms with van der Waals surface area (Å²) in [7, 11) is 2.98. The Morgan fingerprint density at radius 3 is 2.59 bits per heavy atom. The van der Waals surface area contributed by atoms with Gasteiger partial charge in [-0.2, -0.15) is 0 Å². The lowest BCUT2D eigenvalue weighted by atomic mass is 10.2. The van der Waals surface area contributed by atoms with Crippen LogP contribution in [-0.4, -0.2) is 37.1 Å². The summed E-state index contributed by atoms with van der Waals surface area (Å²) in [6, 6.07) is 5.84. The molecule has 0 heterocycles. The van der Waals surface area contributed by atoms with Crippen LogP contribution in [0.1, 0.15) is 0 Å². The minimum absolute atomic E-state index is 0.516. The molecule has 1 amide bonds. The minimum atomic E-state index is -1.24. The van der Waals surface area contributed by atoms with Crippen molar-refractivity contribution in [1.29, 1.82) is 0 Å². The van der Waals surface area contributed by atoms with Gasteiger partial charge in [0.05, 0.1) is 0 Å². The van der Waals surface area contributed by atoms with Gasteiger partial charge in [-0.05, 0) is 25.2 Å². The molecule has 1 unspecified atom stereocenters. The van der Waals surface area contributed by atoms with Crippen molar-refractivity contribution in [2.24, 2.45) is 0 Å². The lowest BCUT2D eigenvalue weighted by Crippen LogP contribution is -2.48. The summed E-state index contributed by atoms with van der Waals surface area (Å²) in [5, 5.41) is 11.3. The van der Waals surface area contributed by atoms with Gasteiger partial charge in [-0.25, -0.2) is 4.79 Å². The number of carboxylic acid groups (broad SMARTS) is 1. The molecule has 5 nitrogen and oxygen atoms in total. The van der Waals surface area contributed by atoms with Gasteiger partial charge < -0.3 is 10.0 Å². The van der Waals surface area contributed by atoms with Crippen LogP contribution in [0.4, 0.5) is 5.69 Å². The highest BCUT2D eigenvalue weighted by Gasteiger charge is 2.27. The molecule has 0 aliphatic heterocycles. The summed E-state index contributed by atoms with van der Waals surface area (Å²) in [6.45, 7) is 0. The topological polar surface area (TPSA) is 69.6 Å². The first-order valence-corrected chi connectivity index (χ1v) is 5.70. The summed E-state index contributed by atoms with van der Waals surface area (Å²) in [5.41, 5.74) is 0.630. The Morgan fingerprint density at radius 2 is 2.12 bits per heavy atom. The maximum absolute atomic E-state index is 11.9. The van der Waals surface area contributed by atoms with Gasteiger partial charge in [0.25, 0.3) is 5.91 Å². The predicted octanol–water partition coefficient (Wildman–Crippen LogP) is 1.08. The van der Waals surface area contributed by atoms with Crippen molar-refractivity contribution in [2.45, 2.75) is 6.04 Å². The number of nitrogens with zero attached hydrogens (tertiary/aromatic N) is 1. The van der Waals surface area contributed by atoms with Crippen LogP contribution in [0.5, 0.6) is 0 Å². The predicted molar refractivity (Wildman–Crippen MR) is 68.0 cm³/mol. The second kappa shape index (κ2) is 5.79. The fraction of sp³-hybridized carbons (Fsp3) is 0.273. The van der Waals surface area contributed by atoms with Gasteiger partial charge in [0, 0.05) is 17.2 Å². The monoisotopic (exact) mass is 300 g/mol. The number of amides is 1. The summed E-state index contributed by atoms with van der Waals surface area (Å²) in [4.78, 5) is 24.1. The summed E-state index contributed by atoms with van der Waals surface area (Å²) in [5.74, 6) is -1.71. The third-order valence-corrected chi connectivity index (χ3v) is 2.80. The Balaban J connectivity index is 2.93. The van der Waals surface area contributed by atoms with Gasteiger partial charge in [-0.15, -0.1) is 0 Å². The Labute approximate surface area is 108 Å². The Kier molecular flexibility index (Phi) is 4.65. The van der Waals surface area contributed by atoms with Crippen LogP contribution in [0.15, 0.2) is 28.7 Å². The first-order chi connectivity index (χ1) is 7.97. The minimum Gasteiger partial charge on any atom is -0.480 e. The number of aliphatic carboxylic acids is 1. The fourth-order valence-corrected chi connectivity index (χ4v) is 1.75. The number of hydrogen-bond acceptors (Lipinski definition) is 3. The van der Waals surface area contributed by atoms with E-state index in [1.165, 1.54) is 19.0 Å². The molecule has 1 atom stereocenters. The first kappa shape index (κ1) is 13.7. The quantitative estimate of drug-likeness (QED) is 0.817. The van der Waals surface area contributed by atoms with E-state index in [9.17, 15) is 9.59 Å². The molecule has 0 radical (unpaired) electrons. The fourth-order valence-electron chi connectivity index (χ4n) is 1.36. The van der Waals surface area contributed by atoms with E-state index in [1.54, 1.807) is 18.2 Å². The summed E-state index contributed by atoms with van der Waals surface area (Å²) >= 11 is 3.29. The number of hydrogen-bond donors (Lipinski definition) is 2. The molecule has 2 N–H and O–H groups in total. The highest BCUT2D eigenvalue weighted by atomic mass is 79.9. The number of nitrogens with one attached hydrogen (secondary N) is 1. The Bertz CT molecular complexity index is 436. The molecule has 92 valence electrons. The van der Waals surface area contributed by atoms with Gasteiger partial charge >= 0.3 is 5.97 Å². The number of benzene rings is 1. The van der Waals surface area contributed by atoms with Crippen LogP contribution in [0.25, 0.3) is 0 Å².